The highest BCUT2D eigenvalue weighted by molar-refractivity contribution is 7.10. The Labute approximate surface area is 213 Å². The molecule has 2 N–H and O–H groups in total. The number of hydrogen-bond donors (Lipinski definition) is 2. The normalized spacial score (nSPS) is 15.4. The van der Waals surface area contributed by atoms with Gasteiger partial charge in [-0.25, -0.2) is 4.79 Å². The van der Waals surface area contributed by atoms with Crippen molar-refractivity contribution < 1.29 is 14.4 Å². The highest BCUT2D eigenvalue weighted by Crippen LogP contribution is 2.36. The summed E-state index contributed by atoms with van der Waals surface area (Å²) in [5, 5.41) is 7.86. The summed E-state index contributed by atoms with van der Waals surface area (Å²) >= 11 is 1.54. The van der Waals surface area contributed by atoms with Crippen molar-refractivity contribution in [1.82, 2.24) is 15.5 Å². The maximum atomic E-state index is 13.9. The van der Waals surface area contributed by atoms with Gasteiger partial charge in [0.2, 0.25) is 5.91 Å². The molecule has 1 aliphatic heterocycles. The van der Waals surface area contributed by atoms with Crippen molar-refractivity contribution in [3.8, 4) is 0 Å². The van der Waals surface area contributed by atoms with E-state index < -0.39 is 23.4 Å². The summed E-state index contributed by atoms with van der Waals surface area (Å²) in [7, 11) is 0. The fraction of sp³-hybridized carbons (Fsp3) is 0.138. The number of rotatable bonds is 7. The number of amides is 4. The lowest BCUT2D eigenvalue weighted by molar-refractivity contribution is -0.134. The SMILES string of the molecule is Cc1ccc([C@H](NC(=O)CN2C(=O)NC(c3ccccc3)(c3ccccc3)C2=O)c2cccs2)cc1. The molecule has 1 aliphatic rings. The Kier molecular flexibility index (Phi) is 6.40. The lowest BCUT2D eigenvalue weighted by Crippen LogP contribution is -2.46. The van der Waals surface area contributed by atoms with Crippen LogP contribution in [0.2, 0.25) is 0 Å². The van der Waals surface area contributed by atoms with Crippen LogP contribution in [0.3, 0.4) is 0 Å². The summed E-state index contributed by atoms with van der Waals surface area (Å²) in [5.41, 5.74) is 1.91. The Morgan fingerprint density at radius 2 is 1.50 bits per heavy atom. The van der Waals surface area contributed by atoms with Crippen LogP contribution < -0.4 is 10.6 Å². The molecule has 3 aromatic carbocycles. The number of carbonyl (C=O) groups excluding carboxylic acids is 3. The first-order valence-corrected chi connectivity index (χ1v) is 12.5. The Hall–Kier alpha value is -4.23. The number of hydrogen-bond acceptors (Lipinski definition) is 4. The van der Waals surface area contributed by atoms with Crippen LogP contribution in [0.5, 0.6) is 0 Å². The van der Waals surface area contributed by atoms with Crippen LogP contribution in [0.1, 0.15) is 33.2 Å². The number of nitrogens with one attached hydrogen (secondary N) is 2. The van der Waals surface area contributed by atoms with Crippen molar-refractivity contribution in [3.05, 3.63) is 130 Å². The van der Waals surface area contributed by atoms with Crippen LogP contribution >= 0.6 is 11.3 Å². The molecule has 1 aromatic heterocycles. The van der Waals surface area contributed by atoms with Crippen molar-refractivity contribution in [2.75, 3.05) is 6.54 Å². The largest absolute Gasteiger partial charge is 0.343 e. The Morgan fingerprint density at radius 1 is 0.889 bits per heavy atom. The second-order valence-corrected chi connectivity index (χ2v) is 9.71. The average Bonchev–Trinajstić information content (AvgIpc) is 3.52. The highest BCUT2D eigenvalue weighted by Gasteiger charge is 2.54. The third kappa shape index (κ3) is 4.29. The van der Waals surface area contributed by atoms with Gasteiger partial charge >= 0.3 is 6.03 Å². The number of carbonyl (C=O) groups is 3. The molecule has 2 heterocycles. The van der Waals surface area contributed by atoms with E-state index in [9.17, 15) is 14.4 Å². The summed E-state index contributed by atoms with van der Waals surface area (Å²) in [6.45, 7) is 1.62. The first-order chi connectivity index (χ1) is 17.5. The van der Waals surface area contributed by atoms with Crippen molar-refractivity contribution in [3.63, 3.8) is 0 Å². The van der Waals surface area contributed by atoms with Crippen LogP contribution in [0.25, 0.3) is 0 Å². The second-order valence-electron chi connectivity index (χ2n) is 8.73. The summed E-state index contributed by atoms with van der Waals surface area (Å²) in [5.74, 6) is -0.905. The molecule has 0 spiro atoms. The van der Waals surface area contributed by atoms with E-state index in [4.69, 9.17) is 0 Å². The van der Waals surface area contributed by atoms with E-state index in [1.807, 2.05) is 85.1 Å². The molecule has 5 rings (SSSR count). The molecular weight excluding hydrogens is 470 g/mol. The zero-order valence-corrected chi connectivity index (χ0v) is 20.5. The summed E-state index contributed by atoms with van der Waals surface area (Å²) in [6, 6.07) is 29.0. The fourth-order valence-corrected chi connectivity index (χ4v) is 5.34. The van der Waals surface area contributed by atoms with Gasteiger partial charge in [-0.15, -0.1) is 11.3 Å². The molecule has 7 heteroatoms. The molecule has 1 fully saturated rings. The van der Waals surface area contributed by atoms with Crippen molar-refractivity contribution >= 4 is 29.2 Å². The lowest BCUT2D eigenvalue weighted by atomic mass is 9.82. The van der Waals surface area contributed by atoms with Gasteiger partial charge in [0.1, 0.15) is 6.54 Å². The molecule has 0 radical (unpaired) electrons. The standard InChI is InChI=1S/C29H25N3O3S/c1-20-14-16-21(17-15-20)26(24-13-8-18-36-24)30-25(33)19-32-27(34)29(31-28(32)35,22-9-4-2-5-10-22)23-11-6-3-7-12-23/h2-18,26H,19H2,1H3,(H,30,33)(H,31,35)/t26-/m0/s1. The third-order valence-corrected chi connectivity index (χ3v) is 7.30. The molecule has 1 saturated heterocycles. The van der Waals surface area contributed by atoms with Crippen molar-refractivity contribution in [1.29, 1.82) is 0 Å². The number of nitrogens with zero attached hydrogens (tertiary/aromatic N) is 1. The first-order valence-electron chi connectivity index (χ1n) is 11.6. The van der Waals surface area contributed by atoms with Gasteiger partial charge in [0.15, 0.2) is 5.54 Å². The Bertz CT molecular complexity index is 1330. The van der Waals surface area contributed by atoms with E-state index in [2.05, 4.69) is 10.6 Å². The molecular formula is C29H25N3O3S. The molecule has 1 atom stereocenters. The van der Waals surface area contributed by atoms with Gasteiger partial charge in [0.05, 0.1) is 6.04 Å². The molecule has 0 saturated carbocycles. The summed E-state index contributed by atoms with van der Waals surface area (Å²) in [4.78, 5) is 42.2. The van der Waals surface area contributed by atoms with Gasteiger partial charge in [-0.1, -0.05) is 96.6 Å². The molecule has 4 amide bonds. The lowest BCUT2D eigenvalue weighted by Gasteiger charge is -2.28. The van der Waals surface area contributed by atoms with E-state index >= 15 is 0 Å². The molecule has 180 valence electrons. The monoisotopic (exact) mass is 495 g/mol. The second kappa shape index (κ2) is 9.79. The minimum Gasteiger partial charge on any atom is -0.343 e. The Morgan fingerprint density at radius 3 is 2.06 bits per heavy atom. The topological polar surface area (TPSA) is 78.5 Å². The van der Waals surface area contributed by atoms with Crippen LogP contribution in [-0.4, -0.2) is 29.3 Å². The number of thiophene rings is 1. The molecule has 6 nitrogen and oxygen atoms in total. The number of urea groups is 1. The van der Waals surface area contributed by atoms with E-state index in [-0.39, 0.29) is 12.6 Å². The Balaban J connectivity index is 1.43. The smallest absolute Gasteiger partial charge is 0.326 e. The van der Waals surface area contributed by atoms with Gasteiger partial charge in [-0.05, 0) is 35.1 Å². The van der Waals surface area contributed by atoms with E-state index in [0.717, 1.165) is 20.9 Å². The van der Waals surface area contributed by atoms with E-state index in [1.165, 1.54) is 11.3 Å². The van der Waals surface area contributed by atoms with Crippen LogP contribution in [-0.2, 0) is 15.1 Å². The van der Waals surface area contributed by atoms with E-state index in [0.29, 0.717) is 11.1 Å². The van der Waals surface area contributed by atoms with Crippen molar-refractivity contribution in [2.24, 2.45) is 0 Å². The maximum absolute atomic E-state index is 13.9. The molecule has 36 heavy (non-hydrogen) atoms. The fourth-order valence-electron chi connectivity index (χ4n) is 4.54. The molecule has 4 aromatic rings. The number of aryl methyl sites for hydroxylation is 1. The quantitative estimate of drug-likeness (QED) is 0.363. The number of imide groups is 1. The predicted octanol–water partition coefficient (Wildman–Crippen LogP) is 4.76. The van der Waals surface area contributed by atoms with Gasteiger partial charge in [-0.2, -0.15) is 0 Å². The van der Waals surface area contributed by atoms with Crippen LogP contribution in [0, 0.1) is 6.92 Å². The predicted molar refractivity (Wildman–Crippen MR) is 139 cm³/mol. The molecule has 0 bridgehead atoms. The van der Waals surface area contributed by atoms with Gasteiger partial charge in [-0.3, -0.25) is 14.5 Å². The van der Waals surface area contributed by atoms with E-state index in [1.54, 1.807) is 24.3 Å². The zero-order chi connectivity index (χ0) is 25.1. The minimum atomic E-state index is -1.40. The average molecular weight is 496 g/mol. The summed E-state index contributed by atoms with van der Waals surface area (Å²) in [6.07, 6.45) is 0. The third-order valence-electron chi connectivity index (χ3n) is 6.36. The van der Waals surface area contributed by atoms with Crippen LogP contribution in [0.4, 0.5) is 4.79 Å². The van der Waals surface area contributed by atoms with Gasteiger partial charge < -0.3 is 10.6 Å². The molecule has 0 unspecified atom stereocenters. The van der Waals surface area contributed by atoms with Gasteiger partial charge in [0, 0.05) is 4.88 Å². The highest BCUT2D eigenvalue weighted by atomic mass is 32.1. The van der Waals surface area contributed by atoms with Crippen molar-refractivity contribution in [2.45, 2.75) is 18.5 Å². The maximum Gasteiger partial charge on any atom is 0.326 e. The molecule has 0 aliphatic carbocycles. The zero-order valence-electron chi connectivity index (χ0n) is 19.7. The minimum absolute atomic E-state index is 0.383. The van der Waals surface area contributed by atoms with Gasteiger partial charge in [0.25, 0.3) is 5.91 Å². The summed E-state index contributed by atoms with van der Waals surface area (Å²) < 4.78 is 0. The first kappa shape index (κ1) is 23.5. The number of benzene rings is 3. The van der Waals surface area contributed by atoms with Crippen LogP contribution in [0.15, 0.2) is 102 Å².